The molecular formula is C17H29NO4. The highest BCUT2D eigenvalue weighted by atomic mass is 16.5. The van der Waals surface area contributed by atoms with E-state index in [0.29, 0.717) is 44.2 Å². The summed E-state index contributed by atoms with van der Waals surface area (Å²) in [7, 11) is 1.38. The Balaban J connectivity index is 1.62. The molecule has 2 saturated heterocycles. The zero-order valence-electron chi connectivity index (χ0n) is 13.7. The van der Waals surface area contributed by atoms with Gasteiger partial charge in [-0.05, 0) is 51.6 Å². The molecule has 0 aromatic rings. The lowest BCUT2D eigenvalue weighted by Crippen LogP contribution is -2.49. The molecule has 0 spiro atoms. The van der Waals surface area contributed by atoms with Crippen molar-refractivity contribution in [3.05, 3.63) is 0 Å². The van der Waals surface area contributed by atoms with E-state index in [1.807, 2.05) is 0 Å². The Morgan fingerprint density at radius 2 is 1.73 bits per heavy atom. The summed E-state index contributed by atoms with van der Waals surface area (Å²) in [6.45, 7) is 2.99. The number of unbranched alkanes of at least 4 members (excludes halogenated alkanes) is 1. The van der Waals surface area contributed by atoms with Crippen LogP contribution in [-0.4, -0.2) is 49.7 Å². The molecular weight excluding hydrogens is 282 g/mol. The van der Waals surface area contributed by atoms with Crippen LogP contribution >= 0.6 is 0 Å². The molecule has 0 saturated carbocycles. The highest BCUT2D eigenvalue weighted by Gasteiger charge is 2.33. The van der Waals surface area contributed by atoms with E-state index in [-0.39, 0.29) is 11.9 Å². The standard InChI is InChI=1S/C17H29NO4/c1-21-16(19)9-2-3-10-17(20)22-13-14-7-6-12-18-11-5-4-8-15(14)18/h14-15H,2-13H2,1H3/t14-,15+/m0/s1. The molecule has 2 aliphatic rings. The Morgan fingerprint density at radius 1 is 1.00 bits per heavy atom. The first-order valence-electron chi connectivity index (χ1n) is 8.67. The molecule has 0 radical (unpaired) electrons. The number of rotatable bonds is 7. The van der Waals surface area contributed by atoms with Crippen LogP contribution in [0.2, 0.25) is 0 Å². The average Bonchev–Trinajstić information content (AvgIpc) is 2.56. The zero-order valence-corrected chi connectivity index (χ0v) is 13.7. The van der Waals surface area contributed by atoms with E-state index in [1.54, 1.807) is 0 Å². The number of carbonyl (C=O) groups is 2. The van der Waals surface area contributed by atoms with Gasteiger partial charge in [0.1, 0.15) is 0 Å². The molecule has 0 unspecified atom stereocenters. The summed E-state index contributed by atoms with van der Waals surface area (Å²) in [6, 6.07) is 0.620. The maximum Gasteiger partial charge on any atom is 0.305 e. The molecule has 0 aromatic heterocycles. The molecule has 5 nitrogen and oxygen atoms in total. The molecule has 5 heteroatoms. The van der Waals surface area contributed by atoms with Crippen molar-refractivity contribution in [2.24, 2.45) is 5.92 Å². The van der Waals surface area contributed by atoms with Gasteiger partial charge in [-0.2, -0.15) is 0 Å². The predicted molar refractivity (Wildman–Crippen MR) is 83.4 cm³/mol. The van der Waals surface area contributed by atoms with Crippen LogP contribution in [0.25, 0.3) is 0 Å². The molecule has 126 valence electrons. The van der Waals surface area contributed by atoms with Gasteiger partial charge < -0.3 is 9.47 Å². The number of fused-ring (bicyclic) bond motifs is 1. The molecule has 0 amide bonds. The minimum absolute atomic E-state index is 0.127. The summed E-state index contributed by atoms with van der Waals surface area (Å²) >= 11 is 0. The minimum Gasteiger partial charge on any atom is -0.469 e. The van der Waals surface area contributed by atoms with Crippen LogP contribution in [0.15, 0.2) is 0 Å². The van der Waals surface area contributed by atoms with Crippen LogP contribution < -0.4 is 0 Å². The molecule has 0 N–H and O–H groups in total. The fourth-order valence-electron chi connectivity index (χ4n) is 3.68. The van der Waals surface area contributed by atoms with Gasteiger partial charge in [-0.1, -0.05) is 6.42 Å². The number of hydrogen-bond acceptors (Lipinski definition) is 5. The number of esters is 2. The third kappa shape index (κ3) is 5.27. The topological polar surface area (TPSA) is 55.8 Å². The molecule has 2 heterocycles. The van der Waals surface area contributed by atoms with Crippen LogP contribution in [0.3, 0.4) is 0 Å². The summed E-state index contributed by atoms with van der Waals surface area (Å²) in [5.41, 5.74) is 0. The fraction of sp³-hybridized carbons (Fsp3) is 0.882. The van der Waals surface area contributed by atoms with Gasteiger partial charge in [0.2, 0.25) is 0 Å². The summed E-state index contributed by atoms with van der Waals surface area (Å²) < 4.78 is 10.1. The summed E-state index contributed by atoms with van der Waals surface area (Å²) in [4.78, 5) is 25.4. The van der Waals surface area contributed by atoms with Crippen molar-refractivity contribution < 1.29 is 19.1 Å². The average molecular weight is 311 g/mol. The number of nitrogens with zero attached hydrogens (tertiary/aromatic N) is 1. The first kappa shape index (κ1) is 17.3. The van der Waals surface area contributed by atoms with Crippen LogP contribution in [0.1, 0.15) is 57.8 Å². The zero-order chi connectivity index (χ0) is 15.8. The van der Waals surface area contributed by atoms with Crippen LogP contribution in [0.5, 0.6) is 0 Å². The lowest BCUT2D eigenvalue weighted by molar-refractivity contribution is -0.147. The van der Waals surface area contributed by atoms with E-state index in [1.165, 1.54) is 52.3 Å². The summed E-state index contributed by atoms with van der Waals surface area (Å²) in [5.74, 6) is 0.166. The molecule has 0 aromatic carbocycles. The largest absolute Gasteiger partial charge is 0.469 e. The van der Waals surface area contributed by atoms with Gasteiger partial charge in [-0.3, -0.25) is 14.5 Å². The van der Waals surface area contributed by atoms with Crippen molar-refractivity contribution in [3.63, 3.8) is 0 Å². The summed E-state index contributed by atoms with van der Waals surface area (Å²) in [5, 5.41) is 0. The second-order valence-electron chi connectivity index (χ2n) is 6.47. The van der Waals surface area contributed by atoms with E-state index in [9.17, 15) is 9.59 Å². The van der Waals surface area contributed by atoms with E-state index in [0.717, 1.165) is 0 Å². The quantitative estimate of drug-likeness (QED) is 0.534. The van der Waals surface area contributed by atoms with Crippen molar-refractivity contribution in [1.82, 2.24) is 4.90 Å². The van der Waals surface area contributed by atoms with Crippen molar-refractivity contribution in [2.75, 3.05) is 26.8 Å². The van der Waals surface area contributed by atoms with Crippen molar-refractivity contribution in [3.8, 4) is 0 Å². The Labute approximate surface area is 133 Å². The minimum atomic E-state index is -0.215. The van der Waals surface area contributed by atoms with E-state index >= 15 is 0 Å². The van der Waals surface area contributed by atoms with E-state index in [4.69, 9.17) is 4.74 Å². The molecule has 22 heavy (non-hydrogen) atoms. The van der Waals surface area contributed by atoms with Crippen LogP contribution in [0.4, 0.5) is 0 Å². The Hall–Kier alpha value is -1.10. The van der Waals surface area contributed by atoms with E-state index < -0.39 is 0 Å². The Bertz CT molecular complexity index is 370. The highest BCUT2D eigenvalue weighted by Crippen LogP contribution is 2.31. The van der Waals surface area contributed by atoms with Gasteiger partial charge >= 0.3 is 11.9 Å². The number of carbonyl (C=O) groups excluding carboxylic acids is 2. The molecule has 2 fully saturated rings. The monoisotopic (exact) mass is 311 g/mol. The van der Waals surface area contributed by atoms with Gasteiger partial charge in [-0.25, -0.2) is 0 Å². The van der Waals surface area contributed by atoms with Crippen molar-refractivity contribution >= 4 is 11.9 Å². The maximum absolute atomic E-state index is 11.8. The molecule has 2 rings (SSSR count). The third-order valence-electron chi connectivity index (χ3n) is 4.93. The lowest BCUT2D eigenvalue weighted by atomic mass is 9.84. The van der Waals surface area contributed by atoms with Crippen molar-refractivity contribution in [1.29, 1.82) is 0 Å². The first-order chi connectivity index (χ1) is 10.7. The predicted octanol–water partition coefficient (Wildman–Crippen LogP) is 2.53. The van der Waals surface area contributed by atoms with Gasteiger partial charge in [0.25, 0.3) is 0 Å². The lowest BCUT2D eigenvalue weighted by Gasteiger charge is -2.44. The number of ether oxygens (including phenoxy) is 2. The van der Waals surface area contributed by atoms with Crippen LogP contribution in [0, 0.1) is 5.92 Å². The third-order valence-corrected chi connectivity index (χ3v) is 4.93. The highest BCUT2D eigenvalue weighted by molar-refractivity contribution is 5.70. The normalized spacial score (nSPS) is 25.3. The van der Waals surface area contributed by atoms with Gasteiger partial charge in [0.15, 0.2) is 0 Å². The number of methoxy groups -OCH3 is 1. The van der Waals surface area contributed by atoms with Gasteiger partial charge in [0.05, 0.1) is 13.7 Å². The molecule has 0 bridgehead atoms. The van der Waals surface area contributed by atoms with E-state index in [2.05, 4.69) is 9.64 Å². The molecule has 2 atom stereocenters. The maximum atomic E-state index is 11.8. The first-order valence-corrected chi connectivity index (χ1v) is 8.67. The fourth-order valence-corrected chi connectivity index (χ4v) is 3.68. The van der Waals surface area contributed by atoms with Crippen molar-refractivity contribution in [2.45, 2.75) is 63.8 Å². The number of piperidine rings is 2. The van der Waals surface area contributed by atoms with Crippen LogP contribution in [-0.2, 0) is 19.1 Å². The Kier molecular flexibility index (Phi) is 7.16. The summed E-state index contributed by atoms with van der Waals surface area (Å²) in [6.07, 6.45) is 8.41. The second kappa shape index (κ2) is 9.13. The number of hydrogen-bond donors (Lipinski definition) is 0. The molecule has 0 aliphatic carbocycles. The second-order valence-corrected chi connectivity index (χ2v) is 6.47. The Morgan fingerprint density at radius 3 is 2.50 bits per heavy atom. The smallest absolute Gasteiger partial charge is 0.305 e. The SMILES string of the molecule is COC(=O)CCCCC(=O)OC[C@@H]1CCCN2CCCC[C@H]12. The van der Waals surface area contributed by atoms with Gasteiger partial charge in [-0.15, -0.1) is 0 Å². The molecule has 2 aliphatic heterocycles. The van der Waals surface area contributed by atoms with Gasteiger partial charge in [0, 0.05) is 24.8 Å².